The lowest BCUT2D eigenvalue weighted by Gasteiger charge is -2.24. The van der Waals surface area contributed by atoms with Crippen molar-refractivity contribution in [2.75, 3.05) is 11.5 Å². The maximum absolute atomic E-state index is 12.6. The monoisotopic (exact) mass is 408 g/mol. The van der Waals surface area contributed by atoms with E-state index < -0.39 is 11.9 Å². The zero-order chi connectivity index (χ0) is 22.0. The Labute approximate surface area is 174 Å². The first kappa shape index (κ1) is 21.1. The fourth-order valence-electron chi connectivity index (χ4n) is 3.52. The Morgan fingerprint density at radius 3 is 2.30 bits per heavy atom. The highest BCUT2D eigenvalue weighted by molar-refractivity contribution is 6.09. The van der Waals surface area contributed by atoms with Gasteiger partial charge in [0.05, 0.1) is 23.4 Å². The highest BCUT2D eigenvalue weighted by Gasteiger charge is 2.26. The van der Waals surface area contributed by atoms with Crippen LogP contribution in [-0.2, 0) is 21.4 Å². The molecule has 1 aromatic heterocycles. The molecule has 0 saturated heterocycles. The number of hydrogen-bond donors (Lipinski definition) is 0. The standard InChI is InChI=1S/C23H24N2O5/c1-6-29-23(28)22-14(2)24(5)19-13-20(21(12-18(19)22)30-16(4)27)25(15(3)26)17-10-8-7-9-11-17/h7-13H,6H2,1-5H3. The van der Waals surface area contributed by atoms with E-state index in [1.54, 1.807) is 31.2 Å². The molecule has 0 saturated carbocycles. The van der Waals surface area contributed by atoms with Crippen LogP contribution in [-0.4, -0.2) is 29.0 Å². The summed E-state index contributed by atoms with van der Waals surface area (Å²) in [6.07, 6.45) is 0. The van der Waals surface area contributed by atoms with Crippen LogP contribution in [0.1, 0.15) is 36.8 Å². The molecule has 3 aromatic rings. The van der Waals surface area contributed by atoms with E-state index in [2.05, 4.69) is 0 Å². The number of carbonyl (C=O) groups is 3. The van der Waals surface area contributed by atoms with Gasteiger partial charge in [0.1, 0.15) is 0 Å². The van der Waals surface area contributed by atoms with E-state index in [9.17, 15) is 14.4 Å². The molecule has 0 aliphatic rings. The number of fused-ring (bicyclic) bond motifs is 1. The van der Waals surface area contributed by atoms with E-state index in [4.69, 9.17) is 9.47 Å². The van der Waals surface area contributed by atoms with Gasteiger partial charge in [-0.25, -0.2) is 4.79 Å². The zero-order valence-electron chi connectivity index (χ0n) is 17.7. The maximum atomic E-state index is 12.6. The number of rotatable bonds is 5. The number of aryl methyl sites for hydroxylation is 1. The Morgan fingerprint density at radius 1 is 1.07 bits per heavy atom. The third kappa shape index (κ3) is 3.78. The van der Waals surface area contributed by atoms with E-state index >= 15 is 0 Å². The molecule has 1 amide bonds. The van der Waals surface area contributed by atoms with Crippen LogP contribution < -0.4 is 9.64 Å². The molecule has 0 bridgehead atoms. The lowest BCUT2D eigenvalue weighted by Crippen LogP contribution is -2.23. The molecule has 0 spiro atoms. The second-order valence-corrected chi connectivity index (χ2v) is 6.86. The summed E-state index contributed by atoms with van der Waals surface area (Å²) in [5.41, 5.74) is 2.87. The molecule has 0 fully saturated rings. The van der Waals surface area contributed by atoms with Crippen molar-refractivity contribution in [2.24, 2.45) is 7.05 Å². The van der Waals surface area contributed by atoms with Crippen molar-refractivity contribution in [3.05, 3.63) is 53.7 Å². The first-order valence-corrected chi connectivity index (χ1v) is 9.60. The quantitative estimate of drug-likeness (QED) is 0.465. The van der Waals surface area contributed by atoms with E-state index in [0.717, 1.165) is 0 Å². The zero-order valence-corrected chi connectivity index (χ0v) is 17.7. The molecular formula is C23H24N2O5. The summed E-state index contributed by atoms with van der Waals surface area (Å²) < 4.78 is 12.5. The molecule has 0 aliphatic heterocycles. The lowest BCUT2D eigenvalue weighted by molar-refractivity contribution is -0.132. The number of carbonyl (C=O) groups excluding carboxylic acids is 3. The first-order chi connectivity index (χ1) is 14.3. The number of anilines is 2. The van der Waals surface area contributed by atoms with Crippen molar-refractivity contribution in [2.45, 2.75) is 27.7 Å². The summed E-state index contributed by atoms with van der Waals surface area (Å²) >= 11 is 0. The second-order valence-electron chi connectivity index (χ2n) is 6.86. The van der Waals surface area contributed by atoms with E-state index in [-0.39, 0.29) is 18.3 Å². The van der Waals surface area contributed by atoms with Crippen LogP contribution in [0.15, 0.2) is 42.5 Å². The molecule has 0 N–H and O–H groups in total. The van der Waals surface area contributed by atoms with Crippen molar-refractivity contribution >= 4 is 40.1 Å². The SMILES string of the molecule is CCOC(=O)c1c(C)n(C)c2cc(N(C(C)=O)c3ccccc3)c(OC(C)=O)cc12. The summed E-state index contributed by atoms with van der Waals surface area (Å²) in [5.74, 6) is -1.04. The minimum absolute atomic E-state index is 0.185. The van der Waals surface area contributed by atoms with Crippen LogP contribution in [0, 0.1) is 6.92 Å². The minimum atomic E-state index is -0.530. The van der Waals surface area contributed by atoms with Gasteiger partial charge in [0.2, 0.25) is 5.91 Å². The maximum Gasteiger partial charge on any atom is 0.340 e. The fourth-order valence-corrected chi connectivity index (χ4v) is 3.52. The van der Waals surface area contributed by atoms with Gasteiger partial charge < -0.3 is 14.0 Å². The van der Waals surface area contributed by atoms with Gasteiger partial charge in [0.25, 0.3) is 0 Å². The van der Waals surface area contributed by atoms with Gasteiger partial charge in [0, 0.05) is 37.7 Å². The lowest BCUT2D eigenvalue weighted by atomic mass is 10.1. The predicted molar refractivity (Wildman–Crippen MR) is 114 cm³/mol. The summed E-state index contributed by atoms with van der Waals surface area (Å²) in [5, 5.41) is 0.588. The number of para-hydroxylation sites is 1. The number of amides is 1. The largest absolute Gasteiger partial charge is 0.462 e. The molecule has 2 aromatic carbocycles. The Hall–Kier alpha value is -3.61. The molecular weight excluding hydrogens is 384 g/mol. The fraction of sp³-hybridized carbons (Fsp3) is 0.261. The highest BCUT2D eigenvalue weighted by atomic mass is 16.5. The van der Waals surface area contributed by atoms with Crippen LogP contribution in [0.25, 0.3) is 10.9 Å². The predicted octanol–water partition coefficient (Wildman–Crippen LogP) is 4.27. The van der Waals surface area contributed by atoms with Crippen molar-refractivity contribution in [3.8, 4) is 5.75 Å². The molecule has 0 atom stereocenters. The smallest absolute Gasteiger partial charge is 0.340 e. The average molecular weight is 408 g/mol. The molecule has 0 aliphatic carbocycles. The van der Waals surface area contributed by atoms with Gasteiger partial charge in [0.15, 0.2) is 5.75 Å². The summed E-state index contributed by atoms with van der Waals surface area (Å²) in [4.78, 5) is 38.4. The number of ether oxygens (including phenoxy) is 2. The molecule has 0 radical (unpaired) electrons. The Kier molecular flexibility index (Phi) is 5.91. The number of benzene rings is 2. The second kappa shape index (κ2) is 8.41. The molecule has 0 unspecified atom stereocenters. The van der Waals surface area contributed by atoms with E-state index in [0.29, 0.717) is 33.5 Å². The van der Waals surface area contributed by atoms with Crippen LogP contribution in [0.3, 0.4) is 0 Å². The normalized spacial score (nSPS) is 10.7. The molecule has 7 nitrogen and oxygen atoms in total. The molecule has 156 valence electrons. The van der Waals surface area contributed by atoms with Crippen LogP contribution in [0.2, 0.25) is 0 Å². The first-order valence-electron chi connectivity index (χ1n) is 9.60. The Morgan fingerprint density at radius 2 is 1.73 bits per heavy atom. The van der Waals surface area contributed by atoms with Crippen LogP contribution in [0.5, 0.6) is 5.75 Å². The van der Waals surface area contributed by atoms with Crippen molar-refractivity contribution in [3.63, 3.8) is 0 Å². The summed E-state index contributed by atoms with van der Waals surface area (Å²) in [6, 6.07) is 12.4. The minimum Gasteiger partial charge on any atom is -0.462 e. The van der Waals surface area contributed by atoms with Gasteiger partial charge in [-0.2, -0.15) is 0 Å². The molecule has 30 heavy (non-hydrogen) atoms. The Balaban J connectivity index is 2.33. The molecule has 3 rings (SSSR count). The average Bonchev–Trinajstić information content (AvgIpc) is 2.92. The topological polar surface area (TPSA) is 77.8 Å². The van der Waals surface area contributed by atoms with Crippen LogP contribution >= 0.6 is 0 Å². The summed E-state index contributed by atoms with van der Waals surface area (Å²) in [6.45, 7) is 6.53. The number of aromatic nitrogens is 1. The van der Waals surface area contributed by atoms with Gasteiger partial charge in [-0.15, -0.1) is 0 Å². The summed E-state index contributed by atoms with van der Waals surface area (Å²) in [7, 11) is 1.83. The van der Waals surface area contributed by atoms with E-state index in [1.807, 2.05) is 36.7 Å². The molecule has 1 heterocycles. The van der Waals surface area contributed by atoms with Gasteiger partial charge in [-0.3, -0.25) is 14.5 Å². The Bertz CT molecular complexity index is 1130. The third-order valence-electron chi connectivity index (χ3n) is 4.88. The van der Waals surface area contributed by atoms with Crippen molar-refractivity contribution in [1.82, 2.24) is 4.57 Å². The van der Waals surface area contributed by atoms with Gasteiger partial charge in [-0.05, 0) is 38.1 Å². The van der Waals surface area contributed by atoms with Crippen molar-refractivity contribution < 1.29 is 23.9 Å². The molecule has 7 heteroatoms. The van der Waals surface area contributed by atoms with Crippen LogP contribution in [0.4, 0.5) is 11.4 Å². The number of esters is 2. The van der Waals surface area contributed by atoms with Gasteiger partial charge >= 0.3 is 11.9 Å². The van der Waals surface area contributed by atoms with Gasteiger partial charge in [-0.1, -0.05) is 18.2 Å². The third-order valence-corrected chi connectivity index (χ3v) is 4.88. The number of nitrogens with zero attached hydrogens (tertiary/aromatic N) is 2. The number of hydrogen-bond acceptors (Lipinski definition) is 5. The highest BCUT2D eigenvalue weighted by Crippen LogP contribution is 2.40. The van der Waals surface area contributed by atoms with E-state index in [1.165, 1.54) is 18.7 Å². The van der Waals surface area contributed by atoms with Crippen molar-refractivity contribution in [1.29, 1.82) is 0 Å².